The topological polar surface area (TPSA) is 51.0 Å². The van der Waals surface area contributed by atoms with Crippen LogP contribution in [0.5, 0.6) is 0 Å². The van der Waals surface area contributed by atoms with Crippen molar-refractivity contribution in [2.75, 3.05) is 18.0 Å². The normalized spacial score (nSPS) is 14.8. The van der Waals surface area contributed by atoms with Crippen LogP contribution in [0.1, 0.15) is 32.4 Å². The molecule has 0 saturated heterocycles. The average Bonchev–Trinajstić information content (AvgIpc) is 3.33. The molecule has 10 heteroatoms. The fourth-order valence-electron chi connectivity index (χ4n) is 3.28. The number of hydrogen-bond acceptors (Lipinski definition) is 6. The minimum atomic E-state index is -4.38. The number of aryl methyl sites for hydroxylation is 2. The van der Waals surface area contributed by atoms with Gasteiger partial charge in [-0.25, -0.2) is 4.79 Å². The summed E-state index contributed by atoms with van der Waals surface area (Å²) in [4.78, 5) is 24.0. The van der Waals surface area contributed by atoms with Crippen LogP contribution in [0.15, 0.2) is 34.4 Å². The lowest BCUT2D eigenvalue weighted by atomic mass is 10.1. The zero-order valence-corrected chi connectivity index (χ0v) is 18.0. The number of alkyl halides is 3. The standard InChI is InChI=1S/C20H19F3N4OS2/c1-12-9-16(29-11-12)14-5-7-26(8-6-14)18-24-13(2)27(19(28)25-18)10-15-3-4-17(30-15)20(21,22)23/h3-5,9,11H,6-8,10H2,1-2H3. The Labute approximate surface area is 179 Å². The van der Waals surface area contributed by atoms with Gasteiger partial charge in [-0.2, -0.15) is 23.1 Å². The maximum absolute atomic E-state index is 12.8. The van der Waals surface area contributed by atoms with Crippen LogP contribution < -0.4 is 10.6 Å². The zero-order valence-electron chi connectivity index (χ0n) is 16.4. The quantitative estimate of drug-likeness (QED) is 0.574. The van der Waals surface area contributed by atoms with Crippen molar-refractivity contribution in [3.8, 4) is 0 Å². The van der Waals surface area contributed by atoms with Gasteiger partial charge in [-0.1, -0.05) is 6.08 Å². The second-order valence-corrected chi connectivity index (χ2v) is 9.20. The Kier molecular flexibility index (Phi) is 5.54. The molecule has 30 heavy (non-hydrogen) atoms. The predicted molar refractivity (Wildman–Crippen MR) is 113 cm³/mol. The zero-order chi connectivity index (χ0) is 21.5. The maximum atomic E-state index is 12.8. The fourth-order valence-corrected chi connectivity index (χ4v) is 5.12. The van der Waals surface area contributed by atoms with Crippen molar-refractivity contribution >= 4 is 34.2 Å². The smallest absolute Gasteiger partial charge is 0.337 e. The van der Waals surface area contributed by atoms with Crippen LogP contribution in [-0.2, 0) is 12.7 Å². The first-order valence-electron chi connectivity index (χ1n) is 9.31. The van der Waals surface area contributed by atoms with E-state index in [1.165, 1.54) is 26.6 Å². The van der Waals surface area contributed by atoms with Crippen molar-refractivity contribution in [2.45, 2.75) is 33.0 Å². The highest BCUT2D eigenvalue weighted by molar-refractivity contribution is 7.12. The van der Waals surface area contributed by atoms with Crippen LogP contribution in [0, 0.1) is 13.8 Å². The van der Waals surface area contributed by atoms with E-state index in [4.69, 9.17) is 0 Å². The molecule has 0 unspecified atom stereocenters. The molecular weight excluding hydrogens is 433 g/mol. The second-order valence-electron chi connectivity index (χ2n) is 7.12. The molecule has 0 radical (unpaired) electrons. The van der Waals surface area contributed by atoms with Crippen LogP contribution in [0.4, 0.5) is 19.1 Å². The van der Waals surface area contributed by atoms with Gasteiger partial charge in [0.15, 0.2) is 0 Å². The van der Waals surface area contributed by atoms with Crippen LogP contribution in [0.25, 0.3) is 5.57 Å². The molecule has 0 fully saturated rings. The van der Waals surface area contributed by atoms with Gasteiger partial charge in [0, 0.05) is 22.8 Å². The molecule has 5 nitrogen and oxygen atoms in total. The van der Waals surface area contributed by atoms with Crippen molar-refractivity contribution in [2.24, 2.45) is 0 Å². The van der Waals surface area contributed by atoms with E-state index in [1.807, 2.05) is 4.90 Å². The van der Waals surface area contributed by atoms with E-state index in [-0.39, 0.29) is 6.54 Å². The lowest BCUT2D eigenvalue weighted by molar-refractivity contribution is -0.134. The molecule has 0 aromatic carbocycles. The van der Waals surface area contributed by atoms with Crippen LogP contribution >= 0.6 is 22.7 Å². The Morgan fingerprint density at radius 3 is 2.57 bits per heavy atom. The maximum Gasteiger partial charge on any atom is 0.425 e. The predicted octanol–water partition coefficient (Wildman–Crippen LogP) is 4.74. The molecule has 0 bridgehead atoms. The summed E-state index contributed by atoms with van der Waals surface area (Å²) in [6, 6.07) is 4.58. The highest BCUT2D eigenvalue weighted by Crippen LogP contribution is 2.35. The highest BCUT2D eigenvalue weighted by atomic mass is 32.1. The molecule has 0 atom stereocenters. The first-order valence-corrected chi connectivity index (χ1v) is 11.0. The molecule has 0 N–H and O–H groups in total. The average molecular weight is 453 g/mol. The van der Waals surface area contributed by atoms with E-state index < -0.39 is 16.7 Å². The van der Waals surface area contributed by atoms with Crippen LogP contribution in [0.3, 0.4) is 0 Å². The molecule has 1 aliphatic rings. The Morgan fingerprint density at radius 2 is 2.00 bits per heavy atom. The third-order valence-corrected chi connectivity index (χ3v) is 7.11. The minimum absolute atomic E-state index is 0.0213. The van der Waals surface area contributed by atoms with Gasteiger partial charge in [0.2, 0.25) is 5.95 Å². The lowest BCUT2D eigenvalue weighted by Gasteiger charge is -2.26. The second kappa shape index (κ2) is 7.99. The number of anilines is 1. The summed E-state index contributed by atoms with van der Waals surface area (Å²) in [5.41, 5.74) is 2.02. The molecule has 0 aliphatic carbocycles. The molecule has 158 valence electrons. The summed E-state index contributed by atoms with van der Waals surface area (Å²) in [5.74, 6) is 0.782. The minimum Gasteiger partial charge on any atom is -0.337 e. The van der Waals surface area contributed by atoms with Crippen LogP contribution in [-0.4, -0.2) is 27.6 Å². The summed E-state index contributed by atoms with van der Waals surface area (Å²) >= 11 is 2.35. The van der Waals surface area contributed by atoms with Crippen molar-refractivity contribution in [3.63, 3.8) is 0 Å². The van der Waals surface area contributed by atoms with Gasteiger partial charge in [-0.15, -0.1) is 22.7 Å². The van der Waals surface area contributed by atoms with E-state index in [0.717, 1.165) is 12.5 Å². The first kappa shape index (κ1) is 20.8. The van der Waals surface area contributed by atoms with E-state index >= 15 is 0 Å². The third kappa shape index (κ3) is 4.34. The molecule has 3 aromatic rings. The number of aromatic nitrogens is 3. The summed E-state index contributed by atoms with van der Waals surface area (Å²) in [5, 5.41) is 2.12. The van der Waals surface area contributed by atoms with Gasteiger partial charge >= 0.3 is 11.9 Å². The van der Waals surface area contributed by atoms with Gasteiger partial charge in [-0.05, 0) is 55.0 Å². The first-order chi connectivity index (χ1) is 14.2. The highest BCUT2D eigenvalue weighted by Gasteiger charge is 2.32. The van der Waals surface area contributed by atoms with Crippen molar-refractivity contribution in [1.29, 1.82) is 0 Å². The molecule has 3 aromatic heterocycles. The molecule has 0 spiro atoms. The Hall–Kier alpha value is -2.46. The van der Waals surface area contributed by atoms with E-state index in [1.54, 1.807) is 18.3 Å². The van der Waals surface area contributed by atoms with Crippen molar-refractivity contribution in [3.05, 3.63) is 66.2 Å². The van der Waals surface area contributed by atoms with Gasteiger partial charge in [0.25, 0.3) is 0 Å². The van der Waals surface area contributed by atoms with Gasteiger partial charge in [0.05, 0.1) is 6.54 Å². The van der Waals surface area contributed by atoms with Crippen molar-refractivity contribution in [1.82, 2.24) is 14.5 Å². The number of nitrogens with zero attached hydrogens (tertiary/aromatic N) is 4. The van der Waals surface area contributed by atoms with Gasteiger partial charge in [0.1, 0.15) is 10.7 Å². The summed E-state index contributed by atoms with van der Waals surface area (Å²) in [6.45, 7) is 5.07. The summed E-state index contributed by atoms with van der Waals surface area (Å²) < 4.78 is 39.7. The van der Waals surface area contributed by atoms with Crippen molar-refractivity contribution < 1.29 is 13.2 Å². The third-order valence-electron chi connectivity index (χ3n) is 4.87. The Balaban J connectivity index is 1.51. The molecular formula is C20H19F3N4OS2. The Bertz CT molecular complexity index is 1160. The number of rotatable bonds is 4. The van der Waals surface area contributed by atoms with Gasteiger partial charge < -0.3 is 4.90 Å². The van der Waals surface area contributed by atoms with E-state index in [9.17, 15) is 18.0 Å². The van der Waals surface area contributed by atoms with E-state index in [0.29, 0.717) is 41.1 Å². The molecule has 0 saturated carbocycles. The largest absolute Gasteiger partial charge is 0.425 e. The van der Waals surface area contributed by atoms with E-state index in [2.05, 4.69) is 34.4 Å². The fraction of sp³-hybridized carbons (Fsp3) is 0.350. The molecule has 1 aliphatic heterocycles. The summed E-state index contributed by atoms with van der Waals surface area (Å²) in [6.07, 6.45) is -1.42. The number of hydrogen-bond donors (Lipinski definition) is 0. The molecule has 4 rings (SSSR count). The number of thiophene rings is 2. The summed E-state index contributed by atoms with van der Waals surface area (Å²) in [7, 11) is 0. The number of halogens is 3. The lowest BCUT2D eigenvalue weighted by Crippen LogP contribution is -2.35. The van der Waals surface area contributed by atoms with Gasteiger partial charge in [-0.3, -0.25) is 4.57 Å². The Morgan fingerprint density at radius 1 is 1.20 bits per heavy atom. The van der Waals surface area contributed by atoms with Crippen LogP contribution in [0.2, 0.25) is 0 Å². The molecule has 4 heterocycles. The SMILES string of the molecule is Cc1csc(C2=CCN(c3nc(C)n(Cc4ccc(C(F)(F)F)s4)c(=O)n3)CC2)c1. The molecule has 0 amide bonds. The monoisotopic (exact) mass is 452 g/mol.